The average Bonchev–Trinajstić information content (AvgIpc) is 3.40. The summed E-state index contributed by atoms with van der Waals surface area (Å²) in [6, 6.07) is 5.71. The van der Waals surface area contributed by atoms with E-state index in [4.69, 9.17) is 48.1 Å². The molecule has 22 heteroatoms. The van der Waals surface area contributed by atoms with Crippen molar-refractivity contribution in [1.82, 2.24) is 30.0 Å². The van der Waals surface area contributed by atoms with E-state index in [9.17, 15) is 35.9 Å². The van der Waals surface area contributed by atoms with E-state index in [0.717, 1.165) is 48.8 Å². The molecule has 272 valence electrons. The molecule has 1 aromatic carbocycles. The number of rotatable bonds is 11. The zero-order chi connectivity index (χ0) is 36.9. The van der Waals surface area contributed by atoms with Crippen molar-refractivity contribution in [2.75, 3.05) is 31.5 Å². The van der Waals surface area contributed by atoms with Crippen LogP contribution in [0.4, 0.5) is 32.2 Å². The Morgan fingerprint density at radius 2 is 1.63 bits per heavy atom. The fourth-order valence-corrected chi connectivity index (χ4v) is 4.88. The third-order valence-electron chi connectivity index (χ3n) is 6.76. The van der Waals surface area contributed by atoms with Gasteiger partial charge in [-0.05, 0) is 44.0 Å². The highest BCUT2D eigenvalue weighted by Gasteiger charge is 2.39. The number of fused-ring (bicyclic) bond motifs is 1. The van der Waals surface area contributed by atoms with Gasteiger partial charge in [0.2, 0.25) is 0 Å². The van der Waals surface area contributed by atoms with Crippen LogP contribution in [0.25, 0.3) is 10.9 Å². The lowest BCUT2D eigenvalue weighted by atomic mass is 9.99. The van der Waals surface area contributed by atoms with Crippen molar-refractivity contribution < 1.29 is 56.0 Å². The molecule has 0 saturated carbocycles. The molecular formula is C27H31Cl2F6N7O7. The molecule has 0 spiro atoms. The third-order valence-corrected chi connectivity index (χ3v) is 7.29. The molecule has 3 aromatic rings. The Kier molecular flexibility index (Phi) is 15.6. The summed E-state index contributed by atoms with van der Waals surface area (Å²) < 4.78 is 64.9. The Hall–Kier alpha value is -4.14. The molecule has 1 unspecified atom stereocenters. The molecule has 4 rings (SSSR count). The van der Waals surface area contributed by atoms with Crippen LogP contribution in [-0.4, -0.2) is 102 Å². The summed E-state index contributed by atoms with van der Waals surface area (Å²) in [6.07, 6.45) is -4.91. The number of nitrogens with one attached hydrogen (secondary N) is 3. The van der Waals surface area contributed by atoms with Gasteiger partial charge in [-0.15, -0.1) is 0 Å². The standard InChI is InChI=1S/C23H29Cl2N7O3.2C2HF3O2/c24-15-4-5-18-17(11-15)19(30-29-18)12-26-8-10-32-20(25)13-28-22(23(32)35)27-7-6-16-3-1-2-9-31(16)14-21(33)34;2*3-2(4,5)1(6)7/h4-5,11,13,16,26H,1-3,6-10,12,14H2,(H,27,28)(H,29,30)(H,33,34);2*(H,6,7). The topological polar surface area (TPSA) is 203 Å². The summed E-state index contributed by atoms with van der Waals surface area (Å²) in [5.41, 5.74) is 1.47. The van der Waals surface area contributed by atoms with Gasteiger partial charge in [-0.3, -0.25) is 24.2 Å². The molecule has 1 saturated heterocycles. The zero-order valence-corrected chi connectivity index (χ0v) is 26.8. The van der Waals surface area contributed by atoms with E-state index in [1.54, 1.807) is 6.07 Å². The highest BCUT2D eigenvalue weighted by molar-refractivity contribution is 6.31. The highest BCUT2D eigenvalue weighted by Crippen LogP contribution is 2.21. The van der Waals surface area contributed by atoms with Crippen molar-refractivity contribution in [3.63, 3.8) is 0 Å². The molecule has 1 atom stereocenters. The lowest BCUT2D eigenvalue weighted by Gasteiger charge is -2.34. The normalized spacial score (nSPS) is 15.1. The number of carboxylic acid groups (broad SMARTS) is 3. The van der Waals surface area contributed by atoms with Crippen LogP contribution >= 0.6 is 23.2 Å². The molecule has 0 aliphatic carbocycles. The number of hydrogen-bond donors (Lipinski definition) is 6. The van der Waals surface area contributed by atoms with E-state index in [1.807, 2.05) is 17.0 Å². The Labute approximate surface area is 283 Å². The first-order valence-electron chi connectivity index (χ1n) is 14.2. The van der Waals surface area contributed by atoms with Crippen LogP contribution in [0, 0.1) is 0 Å². The van der Waals surface area contributed by atoms with Gasteiger partial charge in [-0.2, -0.15) is 31.4 Å². The van der Waals surface area contributed by atoms with Crippen molar-refractivity contribution in [2.45, 2.75) is 57.2 Å². The minimum absolute atomic E-state index is 0.0467. The van der Waals surface area contributed by atoms with Crippen LogP contribution in [-0.2, 0) is 27.5 Å². The Bertz CT molecular complexity index is 1610. The fraction of sp³-hybridized carbons (Fsp3) is 0.481. The number of aromatic amines is 1. The molecule has 14 nitrogen and oxygen atoms in total. The summed E-state index contributed by atoms with van der Waals surface area (Å²) in [5, 5.41) is 39.0. The van der Waals surface area contributed by atoms with Crippen LogP contribution in [0.2, 0.25) is 10.2 Å². The quantitative estimate of drug-likeness (QED) is 0.121. The SMILES string of the molecule is O=C(O)C(F)(F)F.O=C(O)C(F)(F)F.O=C(O)CN1CCCCC1CCNc1ncc(Cl)n(CCNCc2[nH]nc3ccc(Cl)cc23)c1=O. The molecule has 0 bridgehead atoms. The number of aromatic nitrogens is 4. The van der Waals surface area contributed by atoms with Crippen LogP contribution in [0.15, 0.2) is 29.2 Å². The van der Waals surface area contributed by atoms with E-state index < -0.39 is 30.3 Å². The molecule has 6 N–H and O–H groups in total. The molecule has 0 radical (unpaired) electrons. The van der Waals surface area contributed by atoms with Gasteiger partial charge in [0.1, 0.15) is 5.15 Å². The number of nitrogens with zero attached hydrogens (tertiary/aromatic N) is 4. The molecule has 49 heavy (non-hydrogen) atoms. The van der Waals surface area contributed by atoms with E-state index in [1.165, 1.54) is 10.8 Å². The molecule has 1 aliphatic rings. The maximum Gasteiger partial charge on any atom is 0.490 e. The number of piperidine rings is 1. The van der Waals surface area contributed by atoms with Gasteiger partial charge in [0, 0.05) is 42.6 Å². The molecule has 3 heterocycles. The fourth-order valence-electron chi connectivity index (χ4n) is 4.50. The van der Waals surface area contributed by atoms with Crippen molar-refractivity contribution in [2.24, 2.45) is 0 Å². The predicted octanol–water partition coefficient (Wildman–Crippen LogP) is 4.22. The smallest absolute Gasteiger partial charge is 0.480 e. The predicted molar refractivity (Wildman–Crippen MR) is 164 cm³/mol. The summed E-state index contributed by atoms with van der Waals surface area (Å²) in [7, 11) is 0. The van der Waals surface area contributed by atoms with Gasteiger partial charge >= 0.3 is 30.3 Å². The number of alkyl halides is 6. The van der Waals surface area contributed by atoms with Gasteiger partial charge in [0.25, 0.3) is 5.56 Å². The number of H-pyrrole nitrogens is 1. The number of aliphatic carboxylic acids is 3. The molecule has 0 amide bonds. The first-order chi connectivity index (χ1) is 22.8. The zero-order valence-electron chi connectivity index (χ0n) is 25.2. The summed E-state index contributed by atoms with van der Waals surface area (Å²) in [6.45, 7) is 2.78. The van der Waals surface area contributed by atoms with Crippen LogP contribution in [0.5, 0.6) is 0 Å². The number of benzene rings is 1. The van der Waals surface area contributed by atoms with E-state index in [0.29, 0.717) is 31.2 Å². The first-order valence-corrected chi connectivity index (χ1v) is 14.9. The lowest BCUT2D eigenvalue weighted by molar-refractivity contribution is -0.193. The monoisotopic (exact) mass is 749 g/mol. The van der Waals surface area contributed by atoms with E-state index >= 15 is 0 Å². The van der Waals surface area contributed by atoms with Crippen molar-refractivity contribution in [3.8, 4) is 0 Å². The van der Waals surface area contributed by atoms with Crippen molar-refractivity contribution >= 4 is 57.8 Å². The number of carboxylic acids is 3. The van der Waals surface area contributed by atoms with Crippen molar-refractivity contribution in [1.29, 1.82) is 0 Å². The minimum Gasteiger partial charge on any atom is -0.480 e. The molecule has 2 aromatic heterocycles. The summed E-state index contributed by atoms with van der Waals surface area (Å²) in [4.78, 5) is 48.0. The van der Waals surface area contributed by atoms with Gasteiger partial charge in [0.05, 0.1) is 24.0 Å². The Morgan fingerprint density at radius 1 is 1.00 bits per heavy atom. The second kappa shape index (κ2) is 18.6. The maximum absolute atomic E-state index is 12.9. The number of hydrogen-bond acceptors (Lipinski definition) is 9. The van der Waals surface area contributed by atoms with Crippen LogP contribution in [0.3, 0.4) is 0 Å². The number of likely N-dealkylation sites (tertiary alicyclic amines) is 1. The third kappa shape index (κ3) is 13.7. The van der Waals surface area contributed by atoms with Gasteiger partial charge in [-0.1, -0.05) is 29.6 Å². The van der Waals surface area contributed by atoms with Gasteiger partial charge < -0.3 is 26.0 Å². The van der Waals surface area contributed by atoms with Gasteiger partial charge in [-0.25, -0.2) is 14.6 Å². The summed E-state index contributed by atoms with van der Waals surface area (Å²) in [5.74, 6) is -6.09. The number of carbonyl (C=O) groups is 3. The second-order valence-corrected chi connectivity index (χ2v) is 11.1. The van der Waals surface area contributed by atoms with Crippen molar-refractivity contribution in [3.05, 3.63) is 50.6 Å². The maximum atomic E-state index is 12.9. The Morgan fingerprint density at radius 3 is 2.22 bits per heavy atom. The van der Waals surface area contributed by atoms with E-state index in [-0.39, 0.29) is 29.1 Å². The summed E-state index contributed by atoms with van der Waals surface area (Å²) >= 11 is 12.3. The number of halogens is 8. The second-order valence-electron chi connectivity index (χ2n) is 10.3. The molecular weight excluding hydrogens is 719 g/mol. The highest BCUT2D eigenvalue weighted by atomic mass is 35.5. The molecule has 1 aliphatic heterocycles. The van der Waals surface area contributed by atoms with Gasteiger partial charge in [0.15, 0.2) is 5.82 Å². The number of anilines is 1. The Balaban J connectivity index is 0.000000500. The van der Waals surface area contributed by atoms with E-state index in [2.05, 4.69) is 25.8 Å². The minimum atomic E-state index is -5.08. The molecule has 1 fully saturated rings. The van der Waals surface area contributed by atoms with Crippen LogP contribution < -0.4 is 16.2 Å². The average molecular weight is 750 g/mol. The first kappa shape index (κ1) is 41.0. The largest absolute Gasteiger partial charge is 0.490 e. The van der Waals surface area contributed by atoms with Crippen LogP contribution in [0.1, 0.15) is 31.4 Å². The lowest BCUT2D eigenvalue weighted by Crippen LogP contribution is -2.43.